The minimum absolute atomic E-state index is 0.409. The van der Waals surface area contributed by atoms with Crippen molar-refractivity contribution in [2.75, 3.05) is 31.5 Å². The van der Waals surface area contributed by atoms with E-state index in [9.17, 15) is 5.11 Å². The van der Waals surface area contributed by atoms with E-state index in [0.717, 1.165) is 43.2 Å². The van der Waals surface area contributed by atoms with E-state index in [0.29, 0.717) is 19.0 Å². The fourth-order valence-electron chi connectivity index (χ4n) is 2.83. The van der Waals surface area contributed by atoms with Crippen molar-refractivity contribution in [2.24, 2.45) is 5.92 Å². The van der Waals surface area contributed by atoms with Crippen molar-refractivity contribution in [3.63, 3.8) is 0 Å². The molecule has 0 spiro atoms. The molecule has 0 bridgehead atoms. The molecule has 2 rings (SSSR count). The summed E-state index contributed by atoms with van der Waals surface area (Å²) in [5.41, 5.74) is 1.94. The number of hydrogen-bond acceptors (Lipinski definition) is 6. The lowest BCUT2D eigenvalue weighted by molar-refractivity contribution is 0.0989. The lowest BCUT2D eigenvalue weighted by Crippen LogP contribution is -2.40. The molecule has 6 nitrogen and oxygen atoms in total. The van der Waals surface area contributed by atoms with Gasteiger partial charge in [-0.3, -0.25) is 0 Å². The van der Waals surface area contributed by atoms with E-state index in [2.05, 4.69) is 46.2 Å². The van der Waals surface area contributed by atoms with Gasteiger partial charge in [-0.05, 0) is 44.7 Å². The largest absolute Gasteiger partial charge is 0.390 e. The van der Waals surface area contributed by atoms with Gasteiger partial charge in [-0.2, -0.15) is 5.10 Å². The molecule has 0 amide bonds. The molecule has 1 aromatic rings. The standard InChI is InChI=1S/C16H29N5O/c1-4-14-15(5-2)19-20-16(18-14)17-10-13(22)11-21-8-6-12(3)7-9-21/h12-13,22H,4-11H2,1-3H3,(H,17,18,20). The molecule has 0 radical (unpaired) electrons. The van der Waals surface area contributed by atoms with E-state index >= 15 is 0 Å². The summed E-state index contributed by atoms with van der Waals surface area (Å²) in [6, 6.07) is 0. The molecule has 124 valence electrons. The molecule has 22 heavy (non-hydrogen) atoms. The minimum atomic E-state index is -0.409. The molecule has 1 aliphatic rings. The van der Waals surface area contributed by atoms with E-state index < -0.39 is 6.10 Å². The number of aliphatic hydroxyl groups is 1. The van der Waals surface area contributed by atoms with Crippen LogP contribution in [0.2, 0.25) is 0 Å². The van der Waals surface area contributed by atoms with E-state index in [1.165, 1.54) is 12.8 Å². The molecule has 1 aromatic heterocycles. The van der Waals surface area contributed by atoms with Gasteiger partial charge in [0.25, 0.3) is 0 Å². The fraction of sp³-hybridized carbons (Fsp3) is 0.812. The molecule has 6 heteroatoms. The molecule has 1 unspecified atom stereocenters. The molecule has 0 aromatic carbocycles. The number of β-amino-alcohol motifs (C(OH)–C–C–N with tert-alkyl or cyclic N) is 1. The van der Waals surface area contributed by atoms with Gasteiger partial charge in [-0.1, -0.05) is 20.8 Å². The maximum absolute atomic E-state index is 10.2. The number of aliphatic hydroxyl groups excluding tert-OH is 1. The fourth-order valence-corrected chi connectivity index (χ4v) is 2.83. The smallest absolute Gasteiger partial charge is 0.243 e. The van der Waals surface area contributed by atoms with Crippen molar-refractivity contribution in [3.05, 3.63) is 11.4 Å². The molecule has 2 heterocycles. The number of piperidine rings is 1. The van der Waals surface area contributed by atoms with Crippen LogP contribution < -0.4 is 5.32 Å². The first kappa shape index (κ1) is 17.1. The Morgan fingerprint density at radius 3 is 2.50 bits per heavy atom. The quantitative estimate of drug-likeness (QED) is 0.795. The SMILES string of the molecule is CCc1nnc(NCC(O)CN2CCC(C)CC2)nc1CC. The van der Waals surface area contributed by atoms with Crippen LogP contribution in [0.3, 0.4) is 0 Å². The zero-order chi connectivity index (χ0) is 15.9. The maximum atomic E-state index is 10.2. The number of nitrogens with zero attached hydrogens (tertiary/aromatic N) is 4. The molecule has 1 fully saturated rings. The van der Waals surface area contributed by atoms with Gasteiger partial charge in [-0.15, -0.1) is 5.10 Å². The molecular weight excluding hydrogens is 278 g/mol. The Morgan fingerprint density at radius 1 is 1.18 bits per heavy atom. The summed E-state index contributed by atoms with van der Waals surface area (Å²) < 4.78 is 0. The van der Waals surface area contributed by atoms with Crippen molar-refractivity contribution in [3.8, 4) is 0 Å². The second kappa shape index (κ2) is 8.39. The van der Waals surface area contributed by atoms with Gasteiger partial charge in [0.15, 0.2) is 0 Å². The van der Waals surface area contributed by atoms with Crippen molar-refractivity contribution in [1.82, 2.24) is 20.1 Å². The van der Waals surface area contributed by atoms with Crippen molar-refractivity contribution in [2.45, 2.75) is 52.6 Å². The highest BCUT2D eigenvalue weighted by atomic mass is 16.3. The normalized spacial score (nSPS) is 18.4. The van der Waals surface area contributed by atoms with Crippen LogP contribution >= 0.6 is 0 Å². The summed E-state index contributed by atoms with van der Waals surface area (Å²) in [7, 11) is 0. The molecule has 1 atom stereocenters. The first-order valence-corrected chi connectivity index (χ1v) is 8.49. The summed E-state index contributed by atoms with van der Waals surface area (Å²) >= 11 is 0. The van der Waals surface area contributed by atoms with Gasteiger partial charge >= 0.3 is 0 Å². The topological polar surface area (TPSA) is 74.2 Å². The molecule has 0 aliphatic carbocycles. The molecule has 2 N–H and O–H groups in total. The Balaban J connectivity index is 1.79. The van der Waals surface area contributed by atoms with Crippen LogP contribution in [0.4, 0.5) is 5.95 Å². The van der Waals surface area contributed by atoms with E-state index in [-0.39, 0.29) is 0 Å². The lowest BCUT2D eigenvalue weighted by atomic mass is 9.99. The number of anilines is 1. The third-order valence-corrected chi connectivity index (χ3v) is 4.35. The number of hydrogen-bond donors (Lipinski definition) is 2. The van der Waals surface area contributed by atoms with Gasteiger partial charge in [0, 0.05) is 13.1 Å². The Labute approximate surface area is 133 Å². The van der Waals surface area contributed by atoms with Crippen LogP contribution in [-0.4, -0.2) is 57.5 Å². The average Bonchev–Trinajstić information content (AvgIpc) is 2.54. The Kier molecular flexibility index (Phi) is 6.51. The monoisotopic (exact) mass is 307 g/mol. The second-order valence-electron chi connectivity index (χ2n) is 6.25. The van der Waals surface area contributed by atoms with E-state index in [1.807, 2.05) is 0 Å². The Morgan fingerprint density at radius 2 is 1.86 bits per heavy atom. The number of aromatic nitrogens is 3. The van der Waals surface area contributed by atoms with Crippen LogP contribution in [-0.2, 0) is 12.8 Å². The number of likely N-dealkylation sites (tertiary alicyclic amines) is 1. The van der Waals surface area contributed by atoms with E-state index in [4.69, 9.17) is 0 Å². The summed E-state index contributed by atoms with van der Waals surface area (Å²) in [6.45, 7) is 9.76. The van der Waals surface area contributed by atoms with Crippen LogP contribution in [0.25, 0.3) is 0 Å². The Hall–Kier alpha value is -1.27. The predicted molar refractivity (Wildman–Crippen MR) is 87.9 cm³/mol. The zero-order valence-corrected chi connectivity index (χ0v) is 14.0. The molecule has 1 saturated heterocycles. The van der Waals surface area contributed by atoms with Gasteiger partial charge in [0.2, 0.25) is 5.95 Å². The first-order chi connectivity index (χ1) is 10.6. The first-order valence-electron chi connectivity index (χ1n) is 8.49. The minimum Gasteiger partial charge on any atom is -0.390 e. The summed E-state index contributed by atoms with van der Waals surface area (Å²) in [4.78, 5) is 6.82. The van der Waals surface area contributed by atoms with Gasteiger partial charge < -0.3 is 15.3 Å². The van der Waals surface area contributed by atoms with Crippen molar-refractivity contribution in [1.29, 1.82) is 0 Å². The maximum Gasteiger partial charge on any atom is 0.243 e. The van der Waals surface area contributed by atoms with Gasteiger partial charge in [-0.25, -0.2) is 4.98 Å². The highest BCUT2D eigenvalue weighted by Gasteiger charge is 2.18. The van der Waals surface area contributed by atoms with E-state index in [1.54, 1.807) is 0 Å². The van der Waals surface area contributed by atoms with Crippen LogP contribution in [0.1, 0.15) is 45.0 Å². The zero-order valence-electron chi connectivity index (χ0n) is 14.0. The van der Waals surface area contributed by atoms with Gasteiger partial charge in [0.1, 0.15) is 0 Å². The predicted octanol–water partition coefficient (Wildman–Crippen LogP) is 1.50. The average molecular weight is 307 g/mol. The molecular formula is C16H29N5O. The molecule has 0 saturated carbocycles. The summed E-state index contributed by atoms with van der Waals surface area (Å²) in [5.74, 6) is 1.33. The van der Waals surface area contributed by atoms with Crippen molar-refractivity contribution < 1.29 is 5.11 Å². The van der Waals surface area contributed by atoms with Crippen molar-refractivity contribution >= 4 is 5.95 Å². The third-order valence-electron chi connectivity index (χ3n) is 4.35. The number of aryl methyl sites for hydroxylation is 2. The summed E-state index contributed by atoms with van der Waals surface area (Å²) in [5, 5.41) is 21.6. The number of nitrogens with one attached hydrogen (secondary N) is 1. The van der Waals surface area contributed by atoms with Crippen LogP contribution in [0.5, 0.6) is 0 Å². The lowest BCUT2D eigenvalue weighted by Gasteiger charge is -2.31. The van der Waals surface area contributed by atoms with Crippen LogP contribution in [0, 0.1) is 5.92 Å². The van der Waals surface area contributed by atoms with Crippen LogP contribution in [0.15, 0.2) is 0 Å². The third kappa shape index (κ3) is 4.88. The number of rotatable bonds is 7. The highest BCUT2D eigenvalue weighted by molar-refractivity contribution is 5.25. The summed E-state index contributed by atoms with van der Waals surface area (Å²) in [6.07, 6.45) is 3.74. The second-order valence-corrected chi connectivity index (χ2v) is 6.25. The molecule has 1 aliphatic heterocycles. The Bertz CT molecular complexity index is 460. The highest BCUT2D eigenvalue weighted by Crippen LogP contribution is 2.16. The van der Waals surface area contributed by atoms with Gasteiger partial charge in [0.05, 0.1) is 17.5 Å².